The van der Waals surface area contributed by atoms with Crippen LogP contribution < -0.4 is 96.0 Å². The van der Waals surface area contributed by atoms with Crippen LogP contribution in [-0.2, 0) is 32.1 Å². The van der Waals surface area contributed by atoms with Gasteiger partial charge in [0.05, 0.1) is 90.4 Å². The number of likely N-dealkylation sites (N-methyl/N-ethyl adjacent to an activating group) is 1. The first-order valence-corrected chi connectivity index (χ1v) is 54.6. The third kappa shape index (κ3) is 23.8. The van der Waals surface area contributed by atoms with Crippen molar-refractivity contribution in [2.24, 2.45) is 0 Å². The molecule has 0 bridgehead atoms. The van der Waals surface area contributed by atoms with E-state index in [9.17, 15) is 24.0 Å². The van der Waals surface area contributed by atoms with E-state index in [0.717, 1.165) is 310 Å². The van der Waals surface area contributed by atoms with Gasteiger partial charge in [-0.2, -0.15) is 0 Å². The van der Waals surface area contributed by atoms with Gasteiger partial charge in [0.15, 0.2) is 5.82 Å². The predicted molar refractivity (Wildman–Crippen MR) is 591 cm³/mol. The van der Waals surface area contributed by atoms with Gasteiger partial charge >= 0.3 is 0 Å². The summed E-state index contributed by atoms with van der Waals surface area (Å²) < 4.78 is 27.9. The fraction of sp³-hybridized carbons (Fsp3) is 0.297. The SMILES string of the molecule is CN1CCN(c2ccccc2NC(=O)c2csc(-c3ccc4c(c3)CCO4)n2)CC1.C[C@@H]1CN(c2ccccc2NC(=O)c2csc(-c3ccc4c(c3)CCO4)n2)CCN1.C[C@H]1CN(c2ccccc2NC(=O)c2csc(-c3ccc4c(c3)CCO4)n2)CCN1.O=C(Nc1cnccc1N1CCNCC1)c1csc(-c2ccc3c(c2)CCO3)n1.O=C(Nc1ncccc1N1CCNCC1)c1csc(-c2ccc3c(c2)CCO3)n1. The van der Waals surface area contributed by atoms with Crippen LogP contribution in [0.4, 0.5) is 57.0 Å². The number of aromatic nitrogens is 7. The van der Waals surface area contributed by atoms with E-state index in [4.69, 9.17) is 23.7 Å². The highest BCUT2D eigenvalue weighted by molar-refractivity contribution is 7.14. The molecule has 5 fully saturated rings. The molecule has 8 aromatic carbocycles. The number of benzene rings is 8. The molecule has 2 atom stereocenters. The number of nitrogens with zero attached hydrogens (tertiary/aromatic N) is 13. The molecule has 37 heteroatoms. The van der Waals surface area contributed by atoms with Gasteiger partial charge < -0.3 is 101 Å². The predicted octanol–water partition coefficient (Wildman–Crippen LogP) is 16.9. The van der Waals surface area contributed by atoms with E-state index in [1.807, 2.05) is 150 Å². The Balaban J connectivity index is 0.000000108. The molecule has 148 heavy (non-hydrogen) atoms. The second kappa shape index (κ2) is 46.6. The van der Waals surface area contributed by atoms with E-state index in [2.05, 4.69) is 182 Å². The lowest BCUT2D eigenvalue weighted by molar-refractivity contribution is 0.101. The number of nitrogens with one attached hydrogen (secondary N) is 9. The zero-order valence-electron chi connectivity index (χ0n) is 82.3. The summed E-state index contributed by atoms with van der Waals surface area (Å²) in [6.45, 7) is 24.7. The van der Waals surface area contributed by atoms with E-state index in [0.29, 0.717) is 52.1 Å². The van der Waals surface area contributed by atoms with Gasteiger partial charge in [-0.3, -0.25) is 29.0 Å². The highest BCUT2D eigenvalue weighted by Gasteiger charge is 2.30. The van der Waals surface area contributed by atoms with Crippen molar-refractivity contribution < 1.29 is 47.7 Å². The van der Waals surface area contributed by atoms with E-state index in [1.54, 1.807) is 29.4 Å². The lowest BCUT2D eigenvalue weighted by atomic mass is 10.1. The fourth-order valence-electron chi connectivity index (χ4n) is 19.3. The minimum Gasteiger partial charge on any atom is -0.493 e. The minimum absolute atomic E-state index is 0.177. The maximum absolute atomic E-state index is 12.9. The molecule has 0 unspecified atom stereocenters. The number of ether oxygens (including phenoxy) is 5. The van der Waals surface area contributed by atoms with Crippen LogP contribution in [0.5, 0.6) is 28.7 Å². The second-order valence-corrected chi connectivity index (χ2v) is 41.5. The van der Waals surface area contributed by atoms with Crippen LogP contribution in [0, 0.1) is 0 Å². The number of anilines is 10. The molecule has 0 radical (unpaired) electrons. The van der Waals surface area contributed by atoms with Crippen molar-refractivity contribution in [3.8, 4) is 81.6 Å². The third-order valence-electron chi connectivity index (χ3n) is 27.1. The first-order chi connectivity index (χ1) is 72.6. The number of hydrogen-bond acceptors (Lipinski definition) is 32. The third-order valence-corrected chi connectivity index (χ3v) is 31.5. The van der Waals surface area contributed by atoms with Crippen LogP contribution in [-0.4, -0.2) is 239 Å². The number of fused-ring (bicyclic) bond motifs is 5. The molecule has 5 saturated heterocycles. The van der Waals surface area contributed by atoms with Gasteiger partial charge in [-0.05, 0) is 194 Å². The zero-order valence-corrected chi connectivity index (χ0v) is 86.4. The summed E-state index contributed by atoms with van der Waals surface area (Å²) in [6.07, 6.45) is 9.74. The van der Waals surface area contributed by atoms with Crippen molar-refractivity contribution >= 4 is 143 Å². The Labute approximate surface area is 878 Å². The highest BCUT2D eigenvalue weighted by atomic mass is 32.1. The second-order valence-electron chi connectivity index (χ2n) is 37.2. The van der Waals surface area contributed by atoms with Crippen LogP contribution in [0.3, 0.4) is 0 Å². The number of amides is 5. The van der Waals surface area contributed by atoms with Gasteiger partial charge in [0.25, 0.3) is 29.5 Å². The Bertz CT molecular complexity index is 6960. The molecule has 758 valence electrons. The van der Waals surface area contributed by atoms with Crippen LogP contribution in [0.25, 0.3) is 52.9 Å². The van der Waals surface area contributed by atoms with Crippen molar-refractivity contribution in [2.75, 3.05) is 209 Å². The average molecular weight is 2080 g/mol. The molecule has 0 aliphatic carbocycles. The Morgan fingerprint density at radius 3 is 0.966 bits per heavy atom. The number of hydrogen-bond donors (Lipinski definition) is 9. The lowest BCUT2D eigenvalue weighted by Gasteiger charge is -2.35. The first kappa shape index (κ1) is 99.3. The molecule has 32 nitrogen and oxygen atoms in total. The standard InChI is InChI=1S/3C23H24N4O2S.2C21H21N5O2S/c1-26-9-11-27(12-10-26)20-5-3-2-4-18(20)24-22(28)19-15-30-23(25-19)17-6-7-21-16(14-17)8-13-29-21;2*1-15-13-27(10-9-24-15)20-5-3-2-4-18(20)25-22(28)19-14-30-23(26-19)17-6-7-21-16(12-17)8-11-29-21;27-20(24-16-12-23-5-3-18(16)26-8-6-22-7-9-26)17-13-29-21(25-17)15-1-2-19-14(11-15)4-10-28-19;27-20(25-19-17(2-1-6-23-19)26-9-7-22-8-10-26)16-13-29-21(24-16)15-3-4-18-14(12-15)5-11-28-18/h2-7,14-15H,8-13H2,1H3,(H,24,28);2*2-7,12,14-15,24H,8-11,13H2,1H3,(H,25,28);1-3,5,11-13,22H,4,6-10H2,(H,24,27);1-4,6,12-13,22H,5,7-11H2,(H,23,25,27)/t;2*15-;;/m.10../s1. The summed E-state index contributed by atoms with van der Waals surface area (Å²) in [5.41, 5.74) is 21.5. The summed E-state index contributed by atoms with van der Waals surface area (Å²) in [5, 5.41) is 42.0. The molecule has 9 N–H and O–H groups in total. The smallest absolute Gasteiger partial charge is 0.276 e. The molecule has 10 aliphatic rings. The topological polar surface area (TPSA) is 349 Å². The van der Waals surface area contributed by atoms with Crippen molar-refractivity contribution in [3.63, 3.8) is 0 Å². The number of thiazole rings is 5. The molecule has 15 aromatic rings. The Morgan fingerprint density at radius 2 is 0.615 bits per heavy atom. The monoisotopic (exact) mass is 2070 g/mol. The van der Waals surface area contributed by atoms with Crippen molar-refractivity contribution in [1.82, 2.24) is 61.1 Å². The summed E-state index contributed by atoms with van der Waals surface area (Å²) in [7, 11) is 2.14. The fourth-order valence-corrected chi connectivity index (χ4v) is 23.3. The van der Waals surface area contributed by atoms with E-state index >= 15 is 0 Å². The van der Waals surface area contributed by atoms with Crippen LogP contribution in [0.2, 0.25) is 0 Å². The number of rotatable bonds is 20. The molecule has 17 heterocycles. The zero-order chi connectivity index (χ0) is 101. The molecule has 10 aliphatic heterocycles. The molecular formula is C111H114N22O10S5. The van der Waals surface area contributed by atoms with E-state index in [-0.39, 0.29) is 29.5 Å². The summed E-state index contributed by atoms with van der Waals surface area (Å²) >= 11 is 7.41. The lowest BCUT2D eigenvalue weighted by Crippen LogP contribution is -2.49. The van der Waals surface area contributed by atoms with Gasteiger partial charge in [0, 0.05) is 229 Å². The average Bonchev–Trinajstić information content (AvgIpc) is 1.73. The van der Waals surface area contributed by atoms with Gasteiger partial charge in [0.1, 0.15) is 82.3 Å². The normalized spacial score (nSPS) is 16.7. The van der Waals surface area contributed by atoms with Crippen molar-refractivity contribution in [3.05, 3.63) is 284 Å². The number of para-hydroxylation sites is 6. The van der Waals surface area contributed by atoms with Crippen molar-refractivity contribution in [1.29, 1.82) is 0 Å². The van der Waals surface area contributed by atoms with Crippen LogP contribution in [0.15, 0.2) is 227 Å². The highest BCUT2D eigenvalue weighted by Crippen LogP contribution is 2.42. The van der Waals surface area contributed by atoms with Gasteiger partial charge in [-0.1, -0.05) is 36.4 Å². The van der Waals surface area contributed by atoms with E-state index < -0.39 is 0 Å². The maximum Gasteiger partial charge on any atom is 0.276 e. The first-order valence-electron chi connectivity index (χ1n) is 50.2. The molecule has 7 aromatic heterocycles. The Morgan fingerprint density at radius 1 is 0.318 bits per heavy atom. The molecule has 5 amide bonds. The number of piperazine rings is 5. The largest absolute Gasteiger partial charge is 0.493 e. The molecule has 0 saturated carbocycles. The molecular weight excluding hydrogens is 1960 g/mol. The van der Waals surface area contributed by atoms with Crippen LogP contribution >= 0.6 is 56.7 Å². The molecule has 25 rings (SSSR count). The Kier molecular flexibility index (Phi) is 31.3. The number of pyridine rings is 2. The van der Waals surface area contributed by atoms with Gasteiger partial charge in [-0.15, -0.1) is 56.7 Å². The van der Waals surface area contributed by atoms with Gasteiger partial charge in [0.2, 0.25) is 0 Å². The number of carbonyl (C=O) groups is 5. The minimum atomic E-state index is -0.243. The van der Waals surface area contributed by atoms with Crippen LogP contribution in [0.1, 0.15) is 94.1 Å². The number of carbonyl (C=O) groups excluding carboxylic acids is 5. The quantitative estimate of drug-likeness (QED) is 0.0342. The summed E-state index contributed by atoms with van der Waals surface area (Å²) in [6, 6.07) is 61.1. The maximum atomic E-state index is 12.9. The van der Waals surface area contributed by atoms with Crippen molar-refractivity contribution in [2.45, 2.75) is 58.0 Å². The molecule has 0 spiro atoms. The summed E-state index contributed by atoms with van der Waals surface area (Å²) in [5.74, 6) is 4.31. The summed E-state index contributed by atoms with van der Waals surface area (Å²) in [4.78, 5) is 110. The Hall–Kier alpha value is -14.6. The van der Waals surface area contributed by atoms with E-state index in [1.165, 1.54) is 84.5 Å². The van der Waals surface area contributed by atoms with Gasteiger partial charge in [-0.25, -0.2) is 29.9 Å².